The van der Waals surface area contributed by atoms with Gasteiger partial charge in [-0.05, 0) is 31.5 Å². The van der Waals surface area contributed by atoms with Crippen molar-refractivity contribution >= 4 is 15.7 Å². The highest BCUT2D eigenvalue weighted by Gasteiger charge is 2.36. The minimum absolute atomic E-state index is 0.250. The van der Waals surface area contributed by atoms with Crippen LogP contribution in [0.2, 0.25) is 0 Å². The van der Waals surface area contributed by atoms with Crippen molar-refractivity contribution in [3.8, 4) is 5.75 Å². The van der Waals surface area contributed by atoms with Crippen molar-refractivity contribution in [2.45, 2.75) is 23.8 Å². The quantitative estimate of drug-likeness (QED) is 0.834. The highest BCUT2D eigenvalue weighted by Crippen LogP contribution is 2.29. The lowest BCUT2D eigenvalue weighted by atomic mass is 10.2. The normalized spacial score (nSPS) is 24.0. The zero-order chi connectivity index (χ0) is 15.0. The summed E-state index contributed by atoms with van der Waals surface area (Å²) in [4.78, 5) is 2.63. The summed E-state index contributed by atoms with van der Waals surface area (Å²) < 4.78 is 32.2. The topological polar surface area (TPSA) is 75.9 Å². The van der Waals surface area contributed by atoms with E-state index in [1.165, 1.54) is 13.2 Å². The molecule has 6 nitrogen and oxygen atoms in total. The average Bonchev–Trinajstić information content (AvgIpc) is 2.94. The van der Waals surface area contributed by atoms with E-state index in [1.807, 2.05) is 0 Å². The molecule has 1 atom stereocenters. The van der Waals surface area contributed by atoms with Crippen LogP contribution >= 0.6 is 0 Å². The van der Waals surface area contributed by atoms with Gasteiger partial charge in [-0.2, -0.15) is 4.31 Å². The summed E-state index contributed by atoms with van der Waals surface area (Å²) in [6.45, 7) is 3.03. The number of nitrogens with zero attached hydrogens (tertiary/aromatic N) is 2. The second-order valence-corrected chi connectivity index (χ2v) is 7.54. The van der Waals surface area contributed by atoms with Crippen LogP contribution in [0, 0.1) is 0 Å². The number of hydrogen-bond donors (Lipinski definition) is 1. The number of nitrogen functional groups attached to an aromatic ring is 1. The van der Waals surface area contributed by atoms with E-state index >= 15 is 0 Å². The third kappa shape index (κ3) is 2.61. The molecule has 0 radical (unpaired) electrons. The number of piperazine rings is 1. The second kappa shape index (κ2) is 5.47. The number of fused-ring (bicyclic) bond motifs is 1. The molecule has 116 valence electrons. The van der Waals surface area contributed by atoms with Crippen molar-refractivity contribution in [2.24, 2.45) is 0 Å². The molecule has 0 aliphatic carbocycles. The minimum atomic E-state index is -3.48. The molecule has 7 heteroatoms. The Morgan fingerprint density at radius 3 is 2.86 bits per heavy atom. The van der Waals surface area contributed by atoms with Gasteiger partial charge in [-0.25, -0.2) is 8.42 Å². The van der Waals surface area contributed by atoms with E-state index in [1.54, 1.807) is 16.4 Å². The van der Waals surface area contributed by atoms with Crippen LogP contribution < -0.4 is 10.5 Å². The standard InChI is InChI=1S/C14H21N3O3S/c1-20-14-9-12(4-5-13(14)15)21(18,19)17-8-7-16-6-2-3-11(16)10-17/h4-5,9,11H,2-3,6-8,10,15H2,1H3. The van der Waals surface area contributed by atoms with Crippen LogP contribution in [-0.2, 0) is 10.0 Å². The Morgan fingerprint density at radius 2 is 2.10 bits per heavy atom. The van der Waals surface area contributed by atoms with Gasteiger partial charge in [0.05, 0.1) is 17.7 Å². The molecule has 21 heavy (non-hydrogen) atoms. The molecule has 2 heterocycles. The predicted octanol–water partition coefficient (Wildman–Crippen LogP) is 0.746. The molecular formula is C14H21N3O3S. The summed E-state index contributed by atoms with van der Waals surface area (Å²) in [6, 6.07) is 5.00. The second-order valence-electron chi connectivity index (χ2n) is 5.60. The van der Waals surface area contributed by atoms with Crippen LogP contribution in [0.5, 0.6) is 5.75 Å². The lowest BCUT2D eigenvalue weighted by molar-refractivity contribution is 0.158. The van der Waals surface area contributed by atoms with E-state index in [9.17, 15) is 8.42 Å². The Labute approximate surface area is 125 Å². The van der Waals surface area contributed by atoms with Gasteiger partial charge in [0.1, 0.15) is 5.75 Å². The van der Waals surface area contributed by atoms with Gasteiger partial charge >= 0.3 is 0 Å². The molecule has 2 fully saturated rings. The summed E-state index contributed by atoms with van der Waals surface area (Å²) in [7, 11) is -1.99. The maximum Gasteiger partial charge on any atom is 0.243 e. The third-order valence-corrected chi connectivity index (χ3v) is 6.25. The average molecular weight is 311 g/mol. The van der Waals surface area contributed by atoms with Crippen molar-refractivity contribution in [3.63, 3.8) is 0 Å². The number of sulfonamides is 1. The third-order valence-electron chi connectivity index (χ3n) is 4.39. The fourth-order valence-corrected chi connectivity index (χ4v) is 4.67. The monoisotopic (exact) mass is 311 g/mol. The summed E-state index contributed by atoms with van der Waals surface area (Å²) in [5.41, 5.74) is 6.19. The van der Waals surface area contributed by atoms with E-state index < -0.39 is 10.0 Å². The number of methoxy groups -OCH3 is 1. The van der Waals surface area contributed by atoms with Gasteiger partial charge in [-0.3, -0.25) is 4.90 Å². The summed E-state index contributed by atoms with van der Waals surface area (Å²) >= 11 is 0. The van der Waals surface area contributed by atoms with E-state index in [0.717, 1.165) is 25.9 Å². The Bertz CT molecular complexity index is 632. The molecule has 0 spiro atoms. The van der Waals surface area contributed by atoms with Crippen molar-refractivity contribution in [1.82, 2.24) is 9.21 Å². The van der Waals surface area contributed by atoms with Gasteiger partial charge < -0.3 is 10.5 Å². The lowest BCUT2D eigenvalue weighted by Gasteiger charge is -2.36. The van der Waals surface area contributed by atoms with E-state index in [-0.39, 0.29) is 4.90 Å². The molecular weight excluding hydrogens is 290 g/mol. The summed E-state index contributed by atoms with van der Waals surface area (Å²) in [5, 5.41) is 0. The van der Waals surface area contributed by atoms with Crippen molar-refractivity contribution < 1.29 is 13.2 Å². The fourth-order valence-electron chi connectivity index (χ4n) is 3.18. The SMILES string of the molecule is COc1cc(S(=O)(=O)N2CCN3CCCC3C2)ccc1N. The maximum atomic E-state index is 12.8. The fraction of sp³-hybridized carbons (Fsp3) is 0.571. The summed E-state index contributed by atoms with van der Waals surface area (Å²) in [6.07, 6.45) is 2.24. The van der Waals surface area contributed by atoms with Gasteiger partial charge in [0.2, 0.25) is 10.0 Å². The molecule has 2 aliphatic heterocycles. The smallest absolute Gasteiger partial charge is 0.243 e. The van der Waals surface area contributed by atoms with Crippen molar-refractivity contribution in [1.29, 1.82) is 0 Å². The molecule has 3 rings (SSSR count). The molecule has 2 aliphatic rings. The first-order chi connectivity index (χ1) is 10.0. The van der Waals surface area contributed by atoms with Gasteiger partial charge in [0, 0.05) is 31.7 Å². The first-order valence-corrected chi connectivity index (χ1v) is 8.64. The van der Waals surface area contributed by atoms with Crippen molar-refractivity contribution in [3.05, 3.63) is 18.2 Å². The number of anilines is 1. The molecule has 0 aromatic heterocycles. The van der Waals surface area contributed by atoms with Gasteiger partial charge in [0.15, 0.2) is 0 Å². The first kappa shape index (κ1) is 14.6. The zero-order valence-electron chi connectivity index (χ0n) is 12.2. The largest absolute Gasteiger partial charge is 0.495 e. The molecule has 0 saturated carbocycles. The van der Waals surface area contributed by atoms with Gasteiger partial charge in [-0.15, -0.1) is 0 Å². The molecule has 1 aromatic carbocycles. The van der Waals surface area contributed by atoms with Gasteiger partial charge in [-0.1, -0.05) is 0 Å². The molecule has 1 unspecified atom stereocenters. The summed E-state index contributed by atoms with van der Waals surface area (Å²) in [5.74, 6) is 0.399. The Hall–Kier alpha value is -1.31. The van der Waals surface area contributed by atoms with E-state index in [4.69, 9.17) is 10.5 Å². The molecule has 2 saturated heterocycles. The van der Waals surface area contributed by atoms with E-state index in [2.05, 4.69) is 4.90 Å². The lowest BCUT2D eigenvalue weighted by Crippen LogP contribution is -2.51. The van der Waals surface area contributed by atoms with E-state index in [0.29, 0.717) is 30.6 Å². The van der Waals surface area contributed by atoms with Crippen LogP contribution in [0.1, 0.15) is 12.8 Å². The Balaban J connectivity index is 1.86. The first-order valence-electron chi connectivity index (χ1n) is 7.20. The Morgan fingerprint density at radius 1 is 1.29 bits per heavy atom. The van der Waals surface area contributed by atoms with Gasteiger partial charge in [0.25, 0.3) is 0 Å². The highest BCUT2D eigenvalue weighted by atomic mass is 32.2. The molecule has 0 bridgehead atoms. The maximum absolute atomic E-state index is 12.8. The van der Waals surface area contributed by atoms with Crippen LogP contribution in [0.4, 0.5) is 5.69 Å². The number of nitrogens with two attached hydrogens (primary N) is 1. The predicted molar refractivity (Wildman–Crippen MR) is 80.8 cm³/mol. The van der Waals surface area contributed by atoms with Crippen molar-refractivity contribution in [2.75, 3.05) is 39.0 Å². The van der Waals surface area contributed by atoms with Crippen LogP contribution in [0.3, 0.4) is 0 Å². The molecule has 2 N–H and O–H groups in total. The highest BCUT2D eigenvalue weighted by molar-refractivity contribution is 7.89. The Kier molecular flexibility index (Phi) is 3.81. The number of rotatable bonds is 3. The number of hydrogen-bond acceptors (Lipinski definition) is 5. The molecule has 0 amide bonds. The van der Waals surface area contributed by atoms with Crippen LogP contribution in [0.25, 0.3) is 0 Å². The molecule has 1 aromatic rings. The van der Waals surface area contributed by atoms with Crippen LogP contribution in [0.15, 0.2) is 23.1 Å². The van der Waals surface area contributed by atoms with Crippen LogP contribution in [-0.4, -0.2) is 57.0 Å². The number of ether oxygens (including phenoxy) is 1. The zero-order valence-corrected chi connectivity index (χ0v) is 13.0. The number of benzene rings is 1. The minimum Gasteiger partial charge on any atom is -0.495 e.